The molecule has 0 heterocycles. The van der Waals surface area contributed by atoms with E-state index in [9.17, 15) is 4.79 Å². The van der Waals surface area contributed by atoms with Crippen molar-refractivity contribution in [2.45, 2.75) is 71.9 Å². The Bertz CT molecular complexity index is 255. The third-order valence-corrected chi connectivity index (χ3v) is 1.41. The third kappa shape index (κ3) is 9.35. The largest absolute Gasteiger partial charge is 0.481 e. The molecule has 0 aromatic heterocycles. The van der Waals surface area contributed by atoms with Crippen LogP contribution in [0.4, 0.5) is 0 Å². The van der Waals surface area contributed by atoms with Crippen molar-refractivity contribution in [3.8, 4) is 0 Å². The van der Waals surface area contributed by atoms with Crippen LogP contribution in [0.15, 0.2) is 0 Å². The molecule has 6 nitrogen and oxygen atoms in total. The number of hydrogen-bond donors (Lipinski definition) is 1. The lowest BCUT2D eigenvalue weighted by Crippen LogP contribution is -2.40. The van der Waals surface area contributed by atoms with Gasteiger partial charge < -0.3 is 5.11 Å². The average Bonchev–Trinajstić information content (AvgIpc) is 2.09. The molecule has 0 aliphatic carbocycles. The van der Waals surface area contributed by atoms with Crippen molar-refractivity contribution in [1.82, 2.24) is 0 Å². The van der Waals surface area contributed by atoms with Crippen molar-refractivity contribution in [2.24, 2.45) is 0 Å². The number of aliphatic carboxylic acids is 1. The highest BCUT2D eigenvalue weighted by Gasteiger charge is 2.36. The maximum absolute atomic E-state index is 10.8. The number of carboxylic acids is 1. The van der Waals surface area contributed by atoms with Gasteiger partial charge in [0.2, 0.25) is 5.79 Å². The van der Waals surface area contributed by atoms with Crippen LogP contribution in [0.3, 0.4) is 0 Å². The van der Waals surface area contributed by atoms with E-state index >= 15 is 0 Å². The predicted molar refractivity (Wildman–Crippen MR) is 64.5 cm³/mol. The highest BCUT2D eigenvalue weighted by molar-refractivity contribution is 5.67. The molecular formula is C12H24O6. The topological polar surface area (TPSA) is 74.2 Å². The van der Waals surface area contributed by atoms with Crippen LogP contribution in [0.2, 0.25) is 0 Å². The first-order valence-corrected chi connectivity index (χ1v) is 5.78. The second kappa shape index (κ2) is 5.97. The van der Waals surface area contributed by atoms with Gasteiger partial charge in [-0.1, -0.05) is 0 Å². The van der Waals surface area contributed by atoms with E-state index in [1.165, 1.54) is 6.92 Å². The first-order valence-electron chi connectivity index (χ1n) is 5.78. The van der Waals surface area contributed by atoms with E-state index < -0.39 is 29.4 Å². The summed E-state index contributed by atoms with van der Waals surface area (Å²) in [5.41, 5.74) is -1.16. The van der Waals surface area contributed by atoms with Crippen LogP contribution < -0.4 is 0 Å². The third-order valence-electron chi connectivity index (χ3n) is 1.41. The Hall–Kier alpha value is -0.690. The van der Waals surface area contributed by atoms with Crippen molar-refractivity contribution in [3.63, 3.8) is 0 Å². The minimum absolute atomic E-state index is 0.404. The standard InChI is InChI=1S/C12H24O6/c1-10(2,3)15-17-12(7,8-9(13)14)18-16-11(4,5)6/h8H2,1-7H3,(H,13,14). The van der Waals surface area contributed by atoms with Gasteiger partial charge in [0.25, 0.3) is 0 Å². The quantitative estimate of drug-likeness (QED) is 0.451. The molecule has 6 heteroatoms. The van der Waals surface area contributed by atoms with Crippen molar-refractivity contribution in [2.75, 3.05) is 0 Å². The summed E-state index contributed by atoms with van der Waals surface area (Å²) in [5, 5.41) is 8.84. The highest BCUT2D eigenvalue weighted by Crippen LogP contribution is 2.24. The Labute approximate surface area is 108 Å². The maximum atomic E-state index is 10.8. The minimum Gasteiger partial charge on any atom is -0.481 e. The van der Waals surface area contributed by atoms with Crippen LogP contribution in [-0.4, -0.2) is 28.1 Å². The number of hydrogen-bond acceptors (Lipinski definition) is 5. The molecule has 0 amide bonds. The van der Waals surface area contributed by atoms with Gasteiger partial charge in [0.1, 0.15) is 6.42 Å². The second-order valence-electron chi connectivity index (χ2n) is 6.26. The Kier molecular flexibility index (Phi) is 5.74. The van der Waals surface area contributed by atoms with Crippen LogP contribution in [0.25, 0.3) is 0 Å². The number of carboxylic acid groups (broad SMARTS) is 1. The summed E-state index contributed by atoms with van der Waals surface area (Å²) in [6, 6.07) is 0. The van der Waals surface area contributed by atoms with Gasteiger partial charge in [-0.2, -0.15) is 9.78 Å². The summed E-state index contributed by atoms with van der Waals surface area (Å²) in [6.07, 6.45) is -0.404. The lowest BCUT2D eigenvalue weighted by atomic mass is 10.2. The van der Waals surface area contributed by atoms with Crippen LogP contribution in [0.1, 0.15) is 54.9 Å². The fourth-order valence-corrected chi connectivity index (χ4v) is 0.774. The molecule has 0 rings (SSSR count). The molecule has 1 N–H and O–H groups in total. The summed E-state index contributed by atoms with van der Waals surface area (Å²) < 4.78 is 0. The first-order chi connectivity index (χ1) is 7.83. The Morgan fingerprint density at radius 2 is 1.17 bits per heavy atom. The predicted octanol–water partition coefficient (Wildman–Crippen LogP) is 2.67. The van der Waals surface area contributed by atoms with Gasteiger partial charge in [0.15, 0.2) is 0 Å². The van der Waals surface area contributed by atoms with Crippen molar-refractivity contribution in [1.29, 1.82) is 0 Å². The fourth-order valence-electron chi connectivity index (χ4n) is 0.774. The number of carbonyl (C=O) groups is 1. The lowest BCUT2D eigenvalue weighted by molar-refractivity contribution is -0.535. The van der Waals surface area contributed by atoms with Crippen LogP contribution in [0.5, 0.6) is 0 Å². The van der Waals surface area contributed by atoms with E-state index in [1.807, 2.05) is 0 Å². The van der Waals surface area contributed by atoms with Crippen molar-refractivity contribution < 1.29 is 29.5 Å². The Morgan fingerprint density at radius 1 is 0.833 bits per heavy atom. The van der Waals surface area contributed by atoms with Gasteiger partial charge in [-0.25, -0.2) is 9.78 Å². The molecule has 0 saturated heterocycles. The zero-order valence-electron chi connectivity index (χ0n) is 12.2. The molecule has 0 unspecified atom stereocenters. The van der Waals surface area contributed by atoms with Gasteiger partial charge in [-0.15, -0.1) is 0 Å². The molecule has 0 saturated carbocycles. The zero-order valence-corrected chi connectivity index (χ0v) is 12.2. The molecule has 0 aliphatic rings. The first kappa shape index (κ1) is 17.3. The summed E-state index contributed by atoms with van der Waals surface area (Å²) in [4.78, 5) is 31.1. The van der Waals surface area contributed by atoms with E-state index in [0.29, 0.717) is 0 Å². The van der Waals surface area contributed by atoms with Gasteiger partial charge in [0.05, 0.1) is 11.2 Å². The normalized spacial score (nSPS) is 13.7. The number of rotatable bonds is 6. The molecule has 0 aliphatic heterocycles. The second-order valence-corrected chi connectivity index (χ2v) is 6.26. The zero-order chi connectivity index (χ0) is 14.6. The molecule has 0 bridgehead atoms. The highest BCUT2D eigenvalue weighted by atomic mass is 17.3. The van der Waals surface area contributed by atoms with E-state index in [2.05, 4.69) is 0 Å². The molecular weight excluding hydrogens is 240 g/mol. The fraction of sp³-hybridized carbons (Fsp3) is 0.917. The summed E-state index contributed by atoms with van der Waals surface area (Å²) in [6.45, 7) is 12.1. The molecule has 0 aromatic carbocycles. The van der Waals surface area contributed by atoms with E-state index in [0.717, 1.165) is 0 Å². The smallest absolute Gasteiger partial charge is 0.309 e. The van der Waals surface area contributed by atoms with Crippen LogP contribution in [0, 0.1) is 0 Å². The van der Waals surface area contributed by atoms with E-state index in [-0.39, 0.29) is 0 Å². The molecule has 0 spiro atoms. The monoisotopic (exact) mass is 264 g/mol. The maximum Gasteiger partial charge on any atom is 0.309 e. The van der Waals surface area contributed by atoms with Gasteiger partial charge in [-0.05, 0) is 48.5 Å². The summed E-state index contributed by atoms with van der Waals surface area (Å²) >= 11 is 0. The summed E-state index contributed by atoms with van der Waals surface area (Å²) in [7, 11) is 0. The SMILES string of the molecule is CC(C)(C)OOC(C)(CC(=O)O)OOC(C)(C)C. The van der Waals surface area contributed by atoms with Gasteiger partial charge in [0, 0.05) is 0 Å². The van der Waals surface area contributed by atoms with Crippen LogP contribution >= 0.6 is 0 Å². The average molecular weight is 264 g/mol. The van der Waals surface area contributed by atoms with Crippen molar-refractivity contribution >= 4 is 5.97 Å². The Balaban J connectivity index is 4.57. The van der Waals surface area contributed by atoms with Gasteiger partial charge in [-0.3, -0.25) is 4.79 Å². The lowest BCUT2D eigenvalue weighted by Gasteiger charge is -2.31. The molecule has 18 heavy (non-hydrogen) atoms. The minimum atomic E-state index is -1.51. The Morgan fingerprint density at radius 3 is 1.39 bits per heavy atom. The van der Waals surface area contributed by atoms with Crippen molar-refractivity contribution in [3.05, 3.63) is 0 Å². The molecule has 0 aromatic rings. The summed E-state index contributed by atoms with van der Waals surface area (Å²) in [5.74, 6) is -2.58. The molecule has 108 valence electrons. The van der Waals surface area contributed by atoms with E-state index in [4.69, 9.17) is 24.7 Å². The molecule has 0 fully saturated rings. The molecule has 0 radical (unpaired) electrons. The van der Waals surface area contributed by atoms with Gasteiger partial charge >= 0.3 is 5.97 Å². The van der Waals surface area contributed by atoms with E-state index in [1.54, 1.807) is 41.5 Å². The molecule has 0 atom stereocenters. The van der Waals surface area contributed by atoms with Crippen LogP contribution in [-0.2, 0) is 24.3 Å².